The van der Waals surface area contributed by atoms with Gasteiger partial charge in [-0.1, -0.05) is 0 Å². The van der Waals surface area contributed by atoms with E-state index < -0.39 is 28.8 Å². The molecule has 0 N–H and O–H groups in total. The van der Waals surface area contributed by atoms with Crippen molar-refractivity contribution in [3.05, 3.63) is 54.4 Å². The van der Waals surface area contributed by atoms with E-state index in [9.17, 15) is 18.0 Å². The fraction of sp³-hybridized carbons (Fsp3) is 0. The Morgan fingerprint density at radius 1 is 1.06 bits per heavy atom. The molecule has 94 valence electrons. The van der Waals surface area contributed by atoms with Crippen molar-refractivity contribution >= 4 is 49.0 Å². The van der Waals surface area contributed by atoms with Gasteiger partial charge in [0.2, 0.25) is 0 Å². The van der Waals surface area contributed by atoms with Gasteiger partial charge in [0.15, 0.2) is 23.2 Å². The second kappa shape index (κ2) is 5.14. The van der Waals surface area contributed by atoms with Crippen LogP contribution in [0.15, 0.2) is 25.8 Å². The Bertz CT molecular complexity index is 639. The van der Waals surface area contributed by atoms with Crippen molar-refractivity contribution in [2.24, 2.45) is 0 Å². The Kier molecular flexibility index (Phi) is 3.93. The molecule has 1 heterocycles. The van der Waals surface area contributed by atoms with Gasteiger partial charge in [-0.05, 0) is 50.1 Å². The maximum Gasteiger partial charge on any atom is 0.198 e. The van der Waals surface area contributed by atoms with Gasteiger partial charge in [-0.3, -0.25) is 4.79 Å². The summed E-state index contributed by atoms with van der Waals surface area (Å²) in [4.78, 5) is 12.0. The summed E-state index contributed by atoms with van der Waals surface area (Å²) < 4.78 is 40.5. The van der Waals surface area contributed by atoms with Crippen LogP contribution in [0.4, 0.5) is 13.2 Å². The molecule has 0 saturated heterocycles. The van der Waals surface area contributed by atoms with Crippen molar-refractivity contribution in [1.29, 1.82) is 0 Å². The molecular formula is C11H3Br2F3OS. The minimum Gasteiger partial charge on any atom is -0.288 e. The molecule has 0 aliphatic rings. The second-order valence-corrected chi connectivity index (χ2v) is 7.04. The molecule has 1 aromatic heterocycles. The van der Waals surface area contributed by atoms with Crippen LogP contribution in [0.1, 0.15) is 15.9 Å². The van der Waals surface area contributed by atoms with Crippen LogP contribution in [0, 0.1) is 17.5 Å². The standard InChI is InChI=1S/C11H3Br2F3OS/c12-7-3-5(11(13)18-7)10(17)4-1-2-6(14)9(16)8(4)15/h1-3H. The van der Waals surface area contributed by atoms with E-state index in [1.807, 2.05) is 0 Å². The summed E-state index contributed by atoms with van der Waals surface area (Å²) in [6.07, 6.45) is 0. The number of ketones is 1. The maximum absolute atomic E-state index is 13.5. The molecule has 1 nitrogen and oxygen atoms in total. The van der Waals surface area contributed by atoms with Crippen LogP contribution in [-0.4, -0.2) is 5.78 Å². The predicted molar refractivity (Wildman–Crippen MR) is 69.5 cm³/mol. The number of thiophene rings is 1. The quantitative estimate of drug-likeness (QED) is 0.517. The lowest BCUT2D eigenvalue weighted by molar-refractivity contribution is 0.103. The Hall–Kier alpha value is -0.660. The first kappa shape index (κ1) is 13.8. The van der Waals surface area contributed by atoms with Crippen LogP contribution in [0.25, 0.3) is 0 Å². The summed E-state index contributed by atoms with van der Waals surface area (Å²) in [5, 5.41) is 0. The van der Waals surface area contributed by atoms with Gasteiger partial charge in [0.05, 0.1) is 13.1 Å². The van der Waals surface area contributed by atoms with E-state index in [1.54, 1.807) is 0 Å². The van der Waals surface area contributed by atoms with Gasteiger partial charge in [-0.15, -0.1) is 11.3 Å². The molecule has 0 spiro atoms. The predicted octanol–water partition coefficient (Wildman–Crippen LogP) is 4.92. The van der Waals surface area contributed by atoms with Crippen LogP contribution in [-0.2, 0) is 0 Å². The minimum atomic E-state index is -1.65. The number of benzene rings is 1. The number of carbonyl (C=O) groups is 1. The van der Waals surface area contributed by atoms with E-state index in [-0.39, 0.29) is 5.56 Å². The fourth-order valence-electron chi connectivity index (χ4n) is 1.34. The lowest BCUT2D eigenvalue weighted by Crippen LogP contribution is -2.06. The van der Waals surface area contributed by atoms with Gasteiger partial charge in [0.1, 0.15) is 0 Å². The Morgan fingerprint density at radius 2 is 1.72 bits per heavy atom. The van der Waals surface area contributed by atoms with E-state index in [0.29, 0.717) is 7.57 Å². The third-order valence-corrected chi connectivity index (χ3v) is 4.52. The lowest BCUT2D eigenvalue weighted by atomic mass is 10.1. The van der Waals surface area contributed by atoms with Crippen molar-refractivity contribution in [3.8, 4) is 0 Å². The zero-order valence-corrected chi connectivity index (χ0v) is 12.4. The topological polar surface area (TPSA) is 17.1 Å². The molecule has 0 amide bonds. The van der Waals surface area contributed by atoms with E-state index >= 15 is 0 Å². The Labute approximate surface area is 121 Å². The average Bonchev–Trinajstić information content (AvgIpc) is 2.65. The highest BCUT2D eigenvalue weighted by molar-refractivity contribution is 9.12. The smallest absolute Gasteiger partial charge is 0.198 e. The summed E-state index contributed by atoms with van der Waals surface area (Å²) in [6, 6.07) is 3.13. The zero-order chi connectivity index (χ0) is 13.4. The third kappa shape index (κ3) is 2.39. The molecule has 0 aliphatic carbocycles. The van der Waals surface area contributed by atoms with E-state index in [2.05, 4.69) is 31.9 Å². The van der Waals surface area contributed by atoms with Gasteiger partial charge >= 0.3 is 0 Å². The van der Waals surface area contributed by atoms with Gasteiger partial charge < -0.3 is 0 Å². The number of carbonyl (C=O) groups excluding carboxylic acids is 1. The molecule has 0 bridgehead atoms. The third-order valence-electron chi connectivity index (χ3n) is 2.18. The Balaban J connectivity index is 2.53. The monoisotopic (exact) mass is 398 g/mol. The zero-order valence-electron chi connectivity index (χ0n) is 8.44. The van der Waals surface area contributed by atoms with Gasteiger partial charge in [0, 0.05) is 5.56 Å². The summed E-state index contributed by atoms with van der Waals surface area (Å²) in [5.74, 6) is -5.16. The van der Waals surface area contributed by atoms with Crippen LogP contribution >= 0.6 is 43.2 Å². The van der Waals surface area contributed by atoms with Crippen LogP contribution in [0.3, 0.4) is 0 Å². The van der Waals surface area contributed by atoms with Gasteiger partial charge in [0.25, 0.3) is 0 Å². The molecule has 0 radical (unpaired) electrons. The number of rotatable bonds is 2. The largest absolute Gasteiger partial charge is 0.288 e. The number of hydrogen-bond donors (Lipinski definition) is 0. The average molecular weight is 400 g/mol. The fourth-order valence-corrected chi connectivity index (χ4v) is 4.13. The molecule has 0 fully saturated rings. The molecule has 2 rings (SSSR count). The summed E-state index contributed by atoms with van der Waals surface area (Å²) >= 11 is 7.55. The van der Waals surface area contributed by atoms with Crippen molar-refractivity contribution < 1.29 is 18.0 Å². The van der Waals surface area contributed by atoms with E-state index in [1.165, 1.54) is 17.4 Å². The number of hydrogen-bond acceptors (Lipinski definition) is 2. The van der Waals surface area contributed by atoms with E-state index in [0.717, 1.165) is 12.1 Å². The minimum absolute atomic E-state index is 0.191. The molecule has 2 aromatic rings. The SMILES string of the molecule is O=C(c1cc(Br)sc1Br)c1ccc(F)c(F)c1F. The molecule has 1 aromatic carbocycles. The van der Waals surface area contributed by atoms with Crippen LogP contribution < -0.4 is 0 Å². The summed E-state index contributed by atoms with van der Waals surface area (Å²) in [6.45, 7) is 0. The van der Waals surface area contributed by atoms with Crippen molar-refractivity contribution in [2.75, 3.05) is 0 Å². The lowest BCUT2D eigenvalue weighted by Gasteiger charge is -2.03. The summed E-state index contributed by atoms with van der Waals surface area (Å²) in [7, 11) is 0. The normalized spacial score (nSPS) is 10.7. The molecule has 7 heteroatoms. The molecule has 0 saturated carbocycles. The van der Waals surface area contributed by atoms with Gasteiger partial charge in [-0.25, -0.2) is 13.2 Å². The molecule has 0 unspecified atom stereocenters. The van der Waals surface area contributed by atoms with Crippen LogP contribution in [0.5, 0.6) is 0 Å². The summed E-state index contributed by atoms with van der Waals surface area (Å²) in [5.41, 5.74) is -0.309. The first-order valence-electron chi connectivity index (χ1n) is 4.55. The maximum atomic E-state index is 13.5. The Morgan fingerprint density at radius 3 is 2.28 bits per heavy atom. The van der Waals surface area contributed by atoms with Gasteiger partial charge in [-0.2, -0.15) is 0 Å². The first-order valence-corrected chi connectivity index (χ1v) is 6.95. The highest BCUT2D eigenvalue weighted by Crippen LogP contribution is 2.33. The van der Waals surface area contributed by atoms with Crippen molar-refractivity contribution in [3.63, 3.8) is 0 Å². The molecule has 18 heavy (non-hydrogen) atoms. The van der Waals surface area contributed by atoms with E-state index in [4.69, 9.17) is 0 Å². The van der Waals surface area contributed by atoms with Crippen LogP contribution in [0.2, 0.25) is 0 Å². The second-order valence-electron chi connectivity index (χ2n) is 3.29. The number of halogens is 5. The molecule has 0 aliphatic heterocycles. The molecular weight excluding hydrogens is 397 g/mol. The first-order chi connectivity index (χ1) is 8.41. The van der Waals surface area contributed by atoms with Crippen molar-refractivity contribution in [1.82, 2.24) is 0 Å². The highest BCUT2D eigenvalue weighted by Gasteiger charge is 2.22. The molecule has 0 atom stereocenters. The highest BCUT2D eigenvalue weighted by atomic mass is 79.9. The van der Waals surface area contributed by atoms with Crippen molar-refractivity contribution in [2.45, 2.75) is 0 Å².